The summed E-state index contributed by atoms with van der Waals surface area (Å²) in [4.78, 5) is 17.1. The van der Waals surface area contributed by atoms with Crippen molar-refractivity contribution in [3.63, 3.8) is 0 Å². The molecule has 0 spiro atoms. The molecule has 4 nitrogen and oxygen atoms in total. The van der Waals surface area contributed by atoms with Crippen LogP contribution >= 0.6 is 0 Å². The molecule has 0 unspecified atom stereocenters. The highest BCUT2D eigenvalue weighted by Crippen LogP contribution is 2.23. The second kappa shape index (κ2) is 5.58. The highest BCUT2D eigenvalue weighted by molar-refractivity contribution is 5.85. The highest BCUT2D eigenvalue weighted by Gasteiger charge is 2.22. The predicted octanol–water partition coefficient (Wildman–Crippen LogP) is 1.80. The fraction of sp³-hybridized carbons (Fsp3) is 0.438. The molecule has 0 bridgehead atoms. The van der Waals surface area contributed by atoms with Crippen LogP contribution in [0.3, 0.4) is 0 Å². The van der Waals surface area contributed by atoms with E-state index in [1.54, 1.807) is 6.07 Å². The summed E-state index contributed by atoms with van der Waals surface area (Å²) in [5.74, 6) is -0.403. The van der Waals surface area contributed by atoms with E-state index >= 15 is 0 Å². The van der Waals surface area contributed by atoms with Gasteiger partial charge in [0.2, 0.25) is 0 Å². The maximum Gasteiger partial charge on any atom is 0.256 e. The number of halogens is 1. The van der Waals surface area contributed by atoms with Gasteiger partial charge in [-0.1, -0.05) is 13.0 Å². The van der Waals surface area contributed by atoms with Crippen molar-refractivity contribution in [3.05, 3.63) is 45.6 Å². The first-order valence-electron chi connectivity index (χ1n) is 7.32. The molecule has 1 saturated heterocycles. The topological polar surface area (TPSA) is 56.3 Å². The van der Waals surface area contributed by atoms with Gasteiger partial charge in [-0.15, -0.1) is 0 Å². The largest absolute Gasteiger partial charge is 0.392 e. The van der Waals surface area contributed by atoms with Crippen molar-refractivity contribution >= 4 is 10.8 Å². The van der Waals surface area contributed by atoms with E-state index in [9.17, 15) is 14.3 Å². The molecular weight excluding hydrogens is 271 g/mol. The van der Waals surface area contributed by atoms with Gasteiger partial charge < -0.3 is 10.1 Å². The molecule has 1 aromatic carbocycles. The van der Waals surface area contributed by atoms with Gasteiger partial charge in [0.1, 0.15) is 5.82 Å². The maximum atomic E-state index is 13.4. The molecule has 1 atom stereocenters. The van der Waals surface area contributed by atoms with Gasteiger partial charge in [0.05, 0.1) is 11.5 Å². The lowest BCUT2D eigenvalue weighted by Crippen LogP contribution is -2.24. The van der Waals surface area contributed by atoms with E-state index in [4.69, 9.17) is 0 Å². The zero-order valence-electron chi connectivity index (χ0n) is 12.0. The second-order valence-corrected chi connectivity index (χ2v) is 5.63. The number of pyridine rings is 1. The third-order valence-corrected chi connectivity index (χ3v) is 4.16. The van der Waals surface area contributed by atoms with E-state index < -0.39 is 5.82 Å². The summed E-state index contributed by atoms with van der Waals surface area (Å²) in [5.41, 5.74) is 1.67. The molecule has 0 aliphatic carbocycles. The van der Waals surface area contributed by atoms with Crippen LogP contribution in [-0.2, 0) is 13.0 Å². The summed E-state index contributed by atoms with van der Waals surface area (Å²) in [6.45, 7) is 4.14. The minimum atomic E-state index is -0.403. The third-order valence-electron chi connectivity index (χ3n) is 4.16. The van der Waals surface area contributed by atoms with Crippen LogP contribution in [0.5, 0.6) is 0 Å². The summed E-state index contributed by atoms with van der Waals surface area (Å²) in [7, 11) is 0. The molecule has 1 aliphatic rings. The number of likely N-dealkylation sites (tertiary alicyclic amines) is 1. The normalized spacial score (nSPS) is 19.5. The first-order chi connectivity index (χ1) is 10.1. The Bertz CT molecular complexity index is 726. The van der Waals surface area contributed by atoms with Crippen molar-refractivity contribution in [2.45, 2.75) is 32.4 Å². The van der Waals surface area contributed by atoms with E-state index in [2.05, 4.69) is 9.88 Å². The molecule has 1 fully saturated rings. The number of aliphatic hydroxyl groups is 1. The smallest absolute Gasteiger partial charge is 0.256 e. The van der Waals surface area contributed by atoms with Crippen LogP contribution in [0.15, 0.2) is 23.0 Å². The molecule has 2 aromatic rings. The SMILES string of the molecule is CCc1[nH]c(=O)c2cc(F)ccc2c1CN1CC[C@@H](O)C1. The third kappa shape index (κ3) is 2.71. The minimum absolute atomic E-state index is 0.244. The van der Waals surface area contributed by atoms with Gasteiger partial charge in [-0.05, 0) is 35.9 Å². The minimum Gasteiger partial charge on any atom is -0.392 e. The number of aromatic amines is 1. The summed E-state index contributed by atoms with van der Waals surface area (Å²) >= 11 is 0. The Hall–Kier alpha value is -1.72. The molecule has 2 N–H and O–H groups in total. The van der Waals surface area contributed by atoms with Crippen molar-refractivity contribution in [1.29, 1.82) is 0 Å². The van der Waals surface area contributed by atoms with Crippen LogP contribution < -0.4 is 5.56 Å². The number of rotatable bonds is 3. The van der Waals surface area contributed by atoms with Crippen molar-refractivity contribution < 1.29 is 9.50 Å². The zero-order valence-corrected chi connectivity index (χ0v) is 12.0. The summed E-state index contributed by atoms with van der Waals surface area (Å²) < 4.78 is 13.4. The average molecular weight is 290 g/mol. The highest BCUT2D eigenvalue weighted by atomic mass is 19.1. The van der Waals surface area contributed by atoms with Gasteiger partial charge in [-0.25, -0.2) is 4.39 Å². The average Bonchev–Trinajstić information content (AvgIpc) is 2.87. The molecular formula is C16H19FN2O2. The molecule has 2 heterocycles. The monoisotopic (exact) mass is 290 g/mol. The standard InChI is InChI=1S/C16H19FN2O2/c1-2-15-14(9-19-6-5-11(20)8-19)12-4-3-10(17)7-13(12)16(21)18-15/h3-4,7,11,20H,2,5-6,8-9H2,1H3,(H,18,21)/t11-/m1/s1. The molecule has 0 radical (unpaired) electrons. The van der Waals surface area contributed by atoms with E-state index in [1.807, 2.05) is 6.92 Å². The maximum absolute atomic E-state index is 13.4. The summed E-state index contributed by atoms with van der Waals surface area (Å²) in [6, 6.07) is 4.36. The first kappa shape index (κ1) is 14.2. The Morgan fingerprint density at radius 3 is 2.90 bits per heavy atom. The predicted molar refractivity (Wildman–Crippen MR) is 79.8 cm³/mol. The lowest BCUT2D eigenvalue weighted by atomic mass is 10.0. The number of nitrogens with zero attached hydrogens (tertiary/aromatic N) is 1. The molecule has 5 heteroatoms. The molecule has 0 saturated carbocycles. The number of hydrogen-bond acceptors (Lipinski definition) is 3. The Labute approximate surface area is 122 Å². The van der Waals surface area contributed by atoms with Crippen LogP contribution in [0.1, 0.15) is 24.6 Å². The van der Waals surface area contributed by atoms with Crippen LogP contribution in [0.4, 0.5) is 4.39 Å². The molecule has 1 aromatic heterocycles. The lowest BCUT2D eigenvalue weighted by Gasteiger charge is -2.19. The summed E-state index contributed by atoms with van der Waals surface area (Å²) in [5, 5.41) is 10.8. The van der Waals surface area contributed by atoms with Crippen molar-refractivity contribution in [2.75, 3.05) is 13.1 Å². The number of fused-ring (bicyclic) bond motifs is 1. The molecule has 112 valence electrons. The number of β-amino-alcohol motifs (C(OH)–C–C–N with tert-alkyl or cyclic N) is 1. The molecule has 0 amide bonds. The van der Waals surface area contributed by atoms with Crippen LogP contribution in [0, 0.1) is 5.82 Å². The van der Waals surface area contributed by atoms with Crippen molar-refractivity contribution in [1.82, 2.24) is 9.88 Å². The van der Waals surface area contributed by atoms with Crippen molar-refractivity contribution in [3.8, 4) is 0 Å². The Morgan fingerprint density at radius 1 is 1.43 bits per heavy atom. The van der Waals surface area contributed by atoms with Gasteiger partial charge >= 0.3 is 0 Å². The van der Waals surface area contributed by atoms with Gasteiger partial charge in [0, 0.05) is 25.3 Å². The quantitative estimate of drug-likeness (QED) is 0.906. The first-order valence-corrected chi connectivity index (χ1v) is 7.32. The summed E-state index contributed by atoms with van der Waals surface area (Å²) in [6.07, 6.45) is 1.22. The number of nitrogens with one attached hydrogen (secondary N) is 1. The van der Waals surface area contributed by atoms with Gasteiger partial charge in [-0.2, -0.15) is 0 Å². The Kier molecular flexibility index (Phi) is 3.78. The number of H-pyrrole nitrogens is 1. The number of aliphatic hydroxyl groups excluding tert-OH is 1. The molecule has 21 heavy (non-hydrogen) atoms. The number of aryl methyl sites for hydroxylation is 1. The van der Waals surface area contributed by atoms with E-state index in [-0.39, 0.29) is 11.7 Å². The van der Waals surface area contributed by atoms with Gasteiger partial charge in [0.25, 0.3) is 5.56 Å². The van der Waals surface area contributed by atoms with Crippen LogP contribution in [0.2, 0.25) is 0 Å². The molecule has 3 rings (SSSR count). The van der Waals surface area contributed by atoms with E-state index in [0.29, 0.717) is 24.9 Å². The molecule has 1 aliphatic heterocycles. The van der Waals surface area contributed by atoms with Crippen LogP contribution in [-0.4, -0.2) is 34.2 Å². The number of aromatic nitrogens is 1. The van der Waals surface area contributed by atoms with Gasteiger partial charge in [0.15, 0.2) is 0 Å². The second-order valence-electron chi connectivity index (χ2n) is 5.63. The van der Waals surface area contributed by atoms with E-state index in [1.165, 1.54) is 12.1 Å². The number of hydrogen-bond donors (Lipinski definition) is 2. The van der Waals surface area contributed by atoms with Crippen LogP contribution in [0.25, 0.3) is 10.8 Å². The fourth-order valence-electron chi connectivity index (χ4n) is 3.07. The van der Waals surface area contributed by atoms with Crippen molar-refractivity contribution in [2.24, 2.45) is 0 Å². The number of benzene rings is 1. The lowest BCUT2D eigenvalue weighted by molar-refractivity contribution is 0.175. The fourth-order valence-corrected chi connectivity index (χ4v) is 3.07. The van der Waals surface area contributed by atoms with E-state index in [0.717, 1.165) is 29.6 Å². The van der Waals surface area contributed by atoms with Gasteiger partial charge in [-0.3, -0.25) is 9.69 Å². The Morgan fingerprint density at radius 2 is 2.24 bits per heavy atom. The zero-order chi connectivity index (χ0) is 15.0. The Balaban J connectivity index is 2.10.